The Morgan fingerprint density at radius 3 is 2.55 bits per heavy atom. The minimum Gasteiger partial charge on any atom is -0.399 e. The van der Waals surface area contributed by atoms with Crippen LogP contribution in [-0.2, 0) is 16.2 Å². The topological polar surface area (TPSA) is 90.9 Å². The highest BCUT2D eigenvalue weighted by Gasteiger charge is 2.38. The molecule has 10 heteroatoms. The number of alkyl halides is 3. The van der Waals surface area contributed by atoms with Crippen molar-refractivity contribution in [2.75, 3.05) is 5.73 Å². The van der Waals surface area contributed by atoms with Crippen molar-refractivity contribution in [1.82, 2.24) is 14.2 Å². The molecular formula is C12H11F3N4O2S. The first-order valence-electron chi connectivity index (χ1n) is 6.33. The highest BCUT2D eigenvalue weighted by Crippen LogP contribution is 2.39. The molecule has 1 heterocycles. The quantitative estimate of drug-likeness (QED) is 0.868. The summed E-state index contributed by atoms with van der Waals surface area (Å²) in [5.74, 6) is 0.414. The summed E-state index contributed by atoms with van der Waals surface area (Å²) in [4.78, 5) is 2.94. The minimum atomic E-state index is -4.85. The van der Waals surface area contributed by atoms with Crippen LogP contribution in [0.1, 0.15) is 30.1 Å². The van der Waals surface area contributed by atoms with Gasteiger partial charge in [0.25, 0.3) is 10.0 Å². The molecule has 2 N–H and O–H groups in total. The van der Waals surface area contributed by atoms with Crippen molar-refractivity contribution in [3.05, 3.63) is 35.9 Å². The van der Waals surface area contributed by atoms with Gasteiger partial charge in [0.2, 0.25) is 0 Å². The Bertz CT molecular complexity index is 825. The number of anilines is 1. The molecule has 1 aliphatic carbocycles. The lowest BCUT2D eigenvalue weighted by atomic mass is 10.2. The second kappa shape index (κ2) is 4.70. The number of hydrogen-bond acceptors (Lipinski definition) is 5. The van der Waals surface area contributed by atoms with Crippen molar-refractivity contribution in [2.24, 2.45) is 0 Å². The first-order chi connectivity index (χ1) is 10.2. The second-order valence-electron chi connectivity index (χ2n) is 5.01. The predicted octanol–water partition coefficient (Wildman–Crippen LogP) is 1.99. The number of nitrogen functional groups attached to an aromatic ring is 1. The number of aromatic nitrogens is 3. The molecule has 22 heavy (non-hydrogen) atoms. The summed E-state index contributed by atoms with van der Waals surface area (Å²) in [6.45, 7) is 0. The highest BCUT2D eigenvalue weighted by atomic mass is 32.2. The Morgan fingerprint density at radius 1 is 1.27 bits per heavy atom. The van der Waals surface area contributed by atoms with Gasteiger partial charge in [-0.15, -0.1) is 9.19 Å². The van der Waals surface area contributed by atoms with Crippen molar-refractivity contribution >= 4 is 15.7 Å². The standard InChI is InChI=1S/C12H11F3N4O2S/c13-12(14,15)9-5-8(16)3-4-10(9)22(20,21)19-6-17-11(18-19)7-1-2-7/h3-7H,1-2,16H2. The molecule has 1 saturated carbocycles. The Kier molecular flexibility index (Phi) is 3.17. The van der Waals surface area contributed by atoms with Crippen molar-refractivity contribution in [2.45, 2.75) is 29.8 Å². The van der Waals surface area contributed by atoms with E-state index < -0.39 is 26.7 Å². The van der Waals surface area contributed by atoms with E-state index in [-0.39, 0.29) is 11.6 Å². The molecule has 0 amide bonds. The van der Waals surface area contributed by atoms with Crippen LogP contribution in [0.15, 0.2) is 29.4 Å². The average molecular weight is 332 g/mol. The normalized spacial score (nSPS) is 16.0. The zero-order valence-corrected chi connectivity index (χ0v) is 11.9. The fourth-order valence-electron chi connectivity index (χ4n) is 2.00. The molecule has 1 aliphatic rings. The molecule has 1 aromatic heterocycles. The van der Waals surface area contributed by atoms with E-state index in [1.807, 2.05) is 0 Å². The van der Waals surface area contributed by atoms with Crippen molar-refractivity contribution in [3.63, 3.8) is 0 Å². The summed E-state index contributed by atoms with van der Waals surface area (Å²) < 4.78 is 64.4. The summed E-state index contributed by atoms with van der Waals surface area (Å²) in [6, 6.07) is 2.51. The molecule has 0 radical (unpaired) electrons. The molecule has 0 aliphatic heterocycles. The first-order valence-corrected chi connectivity index (χ1v) is 7.77. The maximum Gasteiger partial charge on any atom is 0.417 e. The summed E-state index contributed by atoms with van der Waals surface area (Å²) in [6.07, 6.45) is -2.24. The largest absolute Gasteiger partial charge is 0.417 e. The Morgan fingerprint density at radius 2 is 1.95 bits per heavy atom. The molecule has 6 nitrogen and oxygen atoms in total. The lowest BCUT2D eigenvalue weighted by Gasteiger charge is -2.13. The van der Waals surface area contributed by atoms with Gasteiger partial charge in [-0.05, 0) is 31.0 Å². The highest BCUT2D eigenvalue weighted by molar-refractivity contribution is 7.89. The lowest BCUT2D eigenvalue weighted by molar-refractivity contribution is -0.139. The second-order valence-corrected chi connectivity index (χ2v) is 6.77. The van der Waals surface area contributed by atoms with Crippen LogP contribution in [0.5, 0.6) is 0 Å². The van der Waals surface area contributed by atoms with E-state index in [1.165, 1.54) is 0 Å². The van der Waals surface area contributed by atoms with Gasteiger partial charge in [-0.25, -0.2) is 4.98 Å². The molecule has 0 atom stereocenters. The van der Waals surface area contributed by atoms with E-state index in [1.54, 1.807) is 0 Å². The third kappa shape index (κ3) is 2.54. The fraction of sp³-hybridized carbons (Fsp3) is 0.333. The third-order valence-electron chi connectivity index (χ3n) is 3.27. The van der Waals surface area contributed by atoms with E-state index >= 15 is 0 Å². The Hall–Kier alpha value is -2.10. The van der Waals surface area contributed by atoms with Crippen LogP contribution in [-0.4, -0.2) is 22.6 Å². The SMILES string of the molecule is Nc1ccc(S(=O)(=O)n2cnc(C3CC3)n2)c(C(F)(F)F)c1. The van der Waals surface area contributed by atoms with Gasteiger partial charge >= 0.3 is 6.18 Å². The van der Waals surface area contributed by atoms with E-state index in [0.717, 1.165) is 31.3 Å². The van der Waals surface area contributed by atoms with E-state index in [9.17, 15) is 21.6 Å². The number of nitrogens with two attached hydrogens (primary N) is 1. The molecule has 1 fully saturated rings. The van der Waals surface area contributed by atoms with Crippen LogP contribution in [0.25, 0.3) is 0 Å². The predicted molar refractivity (Wildman–Crippen MR) is 70.4 cm³/mol. The van der Waals surface area contributed by atoms with Gasteiger partial charge in [-0.2, -0.15) is 21.6 Å². The van der Waals surface area contributed by atoms with Gasteiger partial charge in [-0.1, -0.05) is 0 Å². The number of nitrogens with zero attached hydrogens (tertiary/aromatic N) is 3. The summed E-state index contributed by atoms with van der Waals surface area (Å²) in [5, 5.41) is 3.78. The summed E-state index contributed by atoms with van der Waals surface area (Å²) >= 11 is 0. The van der Waals surface area contributed by atoms with E-state index in [4.69, 9.17) is 5.73 Å². The van der Waals surface area contributed by atoms with Gasteiger partial charge in [-0.3, -0.25) is 0 Å². The molecule has 0 unspecified atom stereocenters. The lowest BCUT2D eigenvalue weighted by Crippen LogP contribution is -2.19. The average Bonchev–Trinajstić information content (AvgIpc) is 3.14. The Balaban J connectivity index is 2.12. The number of rotatable bonds is 3. The molecule has 2 aromatic rings. The maximum atomic E-state index is 13.1. The first kappa shape index (κ1) is 14.8. The van der Waals surface area contributed by atoms with Crippen LogP contribution in [0.2, 0.25) is 0 Å². The van der Waals surface area contributed by atoms with Gasteiger partial charge in [0.05, 0.1) is 5.56 Å². The van der Waals surface area contributed by atoms with Crippen LogP contribution < -0.4 is 5.73 Å². The Labute approximate surface area is 123 Å². The maximum absolute atomic E-state index is 13.1. The van der Waals surface area contributed by atoms with Gasteiger partial charge in [0.15, 0.2) is 5.82 Å². The number of hydrogen-bond donors (Lipinski definition) is 1. The zero-order valence-electron chi connectivity index (χ0n) is 11.1. The number of benzene rings is 1. The van der Waals surface area contributed by atoms with Gasteiger partial charge < -0.3 is 5.73 Å². The van der Waals surface area contributed by atoms with Gasteiger partial charge in [0.1, 0.15) is 11.2 Å². The molecule has 118 valence electrons. The molecule has 0 saturated heterocycles. The van der Waals surface area contributed by atoms with Crippen LogP contribution >= 0.6 is 0 Å². The molecule has 0 spiro atoms. The van der Waals surface area contributed by atoms with Crippen molar-refractivity contribution < 1.29 is 21.6 Å². The van der Waals surface area contributed by atoms with E-state index in [2.05, 4.69) is 10.1 Å². The van der Waals surface area contributed by atoms with Crippen LogP contribution in [0.4, 0.5) is 18.9 Å². The molecule has 1 aromatic carbocycles. The number of halogens is 3. The van der Waals surface area contributed by atoms with Gasteiger partial charge in [0, 0.05) is 11.6 Å². The zero-order chi connectivity index (χ0) is 16.1. The molecule has 0 bridgehead atoms. The van der Waals surface area contributed by atoms with Crippen molar-refractivity contribution in [3.8, 4) is 0 Å². The monoisotopic (exact) mass is 332 g/mol. The summed E-state index contributed by atoms with van der Waals surface area (Å²) in [7, 11) is -4.49. The molecular weight excluding hydrogens is 321 g/mol. The van der Waals surface area contributed by atoms with Crippen molar-refractivity contribution in [1.29, 1.82) is 0 Å². The summed E-state index contributed by atoms with van der Waals surface area (Å²) in [5.41, 5.74) is 3.83. The van der Waals surface area contributed by atoms with Crippen LogP contribution in [0.3, 0.4) is 0 Å². The fourth-order valence-corrected chi connectivity index (χ4v) is 3.26. The molecule has 3 rings (SSSR count). The third-order valence-corrected chi connectivity index (χ3v) is 4.85. The minimum absolute atomic E-state index is 0.0879. The van der Waals surface area contributed by atoms with Crippen LogP contribution in [0, 0.1) is 0 Å². The van der Waals surface area contributed by atoms with E-state index in [0.29, 0.717) is 16.0 Å². The smallest absolute Gasteiger partial charge is 0.399 e.